The van der Waals surface area contributed by atoms with E-state index in [2.05, 4.69) is 5.29 Å². The van der Waals surface area contributed by atoms with Gasteiger partial charge in [0, 0.05) is 0 Å². The van der Waals surface area contributed by atoms with Crippen LogP contribution in [-0.2, 0) is 11.3 Å². The second-order valence-corrected chi connectivity index (χ2v) is 4.82. The molecule has 0 aromatic heterocycles. The normalized spacial score (nSPS) is 11.7. The summed E-state index contributed by atoms with van der Waals surface area (Å²) < 4.78 is 0. The van der Waals surface area contributed by atoms with Crippen LogP contribution < -0.4 is 0 Å². The summed E-state index contributed by atoms with van der Waals surface area (Å²) in [5.41, 5.74) is 2.46. The van der Waals surface area contributed by atoms with Crippen LogP contribution in [0.1, 0.15) is 22.7 Å². The zero-order chi connectivity index (χ0) is 15.2. The molecule has 0 heterocycles. The van der Waals surface area contributed by atoms with E-state index in [1.54, 1.807) is 30.3 Å². The lowest BCUT2D eigenvalue weighted by molar-refractivity contribution is -0.144. The van der Waals surface area contributed by atoms with E-state index in [0.717, 1.165) is 16.1 Å². The first-order valence-corrected chi connectivity index (χ1v) is 6.55. The lowest BCUT2D eigenvalue weighted by Gasteiger charge is -2.23. The van der Waals surface area contributed by atoms with Gasteiger partial charge in [-0.2, -0.15) is 0 Å². The number of hydrogen-bond acceptors (Lipinski definition) is 3. The van der Waals surface area contributed by atoms with Gasteiger partial charge >= 0.3 is 5.97 Å². The molecule has 21 heavy (non-hydrogen) atoms. The fourth-order valence-corrected chi connectivity index (χ4v) is 2.13. The van der Waals surface area contributed by atoms with Crippen molar-refractivity contribution in [1.29, 1.82) is 0 Å². The third-order valence-electron chi connectivity index (χ3n) is 3.22. The summed E-state index contributed by atoms with van der Waals surface area (Å²) >= 11 is 0. The first kappa shape index (κ1) is 14.7. The fraction of sp³-hybridized carbons (Fsp3) is 0.188. The van der Waals surface area contributed by atoms with Gasteiger partial charge in [-0.1, -0.05) is 60.2 Å². The van der Waals surface area contributed by atoms with E-state index in [1.807, 2.05) is 31.2 Å². The standard InChI is InChI=1S/C16H16N2O3/c1-12-7-9-13(10-8-12)11-18(17-21)15(16(19)20)14-5-3-2-4-6-14/h2-10,15H,11H2,1H3,(H,19,20). The quantitative estimate of drug-likeness (QED) is 0.652. The van der Waals surface area contributed by atoms with Gasteiger partial charge in [-0.15, -0.1) is 4.91 Å². The number of nitroso groups, excluding NO2 is 1. The third-order valence-corrected chi connectivity index (χ3v) is 3.22. The molecule has 1 N–H and O–H groups in total. The van der Waals surface area contributed by atoms with Crippen LogP contribution in [0.25, 0.3) is 0 Å². The number of carboxylic acid groups (broad SMARTS) is 1. The number of nitrogens with zero attached hydrogens (tertiary/aromatic N) is 2. The molecule has 0 bridgehead atoms. The van der Waals surface area contributed by atoms with Crippen LogP contribution in [-0.4, -0.2) is 16.1 Å². The topological polar surface area (TPSA) is 70.0 Å². The van der Waals surface area contributed by atoms with E-state index in [1.165, 1.54) is 0 Å². The van der Waals surface area contributed by atoms with Gasteiger partial charge < -0.3 is 5.11 Å². The molecule has 0 saturated heterocycles. The maximum absolute atomic E-state index is 11.5. The van der Waals surface area contributed by atoms with Crippen LogP contribution in [0, 0.1) is 11.8 Å². The summed E-state index contributed by atoms with van der Waals surface area (Å²) in [6, 6.07) is 15.1. The summed E-state index contributed by atoms with van der Waals surface area (Å²) in [5, 5.41) is 13.4. The Morgan fingerprint density at radius 1 is 1.14 bits per heavy atom. The highest BCUT2D eigenvalue weighted by Gasteiger charge is 2.27. The van der Waals surface area contributed by atoms with Crippen molar-refractivity contribution in [2.75, 3.05) is 0 Å². The third kappa shape index (κ3) is 3.66. The Kier molecular flexibility index (Phi) is 4.66. The SMILES string of the molecule is Cc1ccc(CN(N=O)C(C(=O)O)c2ccccc2)cc1. The number of benzene rings is 2. The molecule has 0 aliphatic carbocycles. The maximum atomic E-state index is 11.5. The van der Waals surface area contributed by atoms with Crippen molar-refractivity contribution in [3.05, 3.63) is 76.2 Å². The van der Waals surface area contributed by atoms with Crippen LogP contribution >= 0.6 is 0 Å². The Hall–Kier alpha value is -2.69. The van der Waals surface area contributed by atoms with Crippen LogP contribution in [0.4, 0.5) is 0 Å². The lowest BCUT2D eigenvalue weighted by atomic mass is 10.1. The lowest BCUT2D eigenvalue weighted by Crippen LogP contribution is -2.29. The molecule has 0 spiro atoms. The molecule has 5 nitrogen and oxygen atoms in total. The Labute approximate surface area is 122 Å². The second-order valence-electron chi connectivity index (χ2n) is 4.82. The summed E-state index contributed by atoms with van der Waals surface area (Å²) in [6.07, 6.45) is 0. The Balaban J connectivity index is 2.26. The first-order valence-electron chi connectivity index (χ1n) is 6.55. The Morgan fingerprint density at radius 3 is 2.29 bits per heavy atom. The molecule has 2 aromatic rings. The largest absolute Gasteiger partial charge is 0.479 e. The number of carbonyl (C=O) groups is 1. The number of carboxylic acids is 1. The van der Waals surface area contributed by atoms with Gasteiger partial charge in [-0.25, -0.2) is 9.80 Å². The van der Waals surface area contributed by atoms with Gasteiger partial charge in [-0.3, -0.25) is 0 Å². The second kappa shape index (κ2) is 6.65. The van der Waals surface area contributed by atoms with Crippen LogP contribution in [0.15, 0.2) is 59.9 Å². The maximum Gasteiger partial charge on any atom is 0.332 e. The molecular formula is C16H16N2O3. The van der Waals surface area contributed by atoms with Crippen molar-refractivity contribution < 1.29 is 9.90 Å². The van der Waals surface area contributed by atoms with Crippen molar-refractivity contribution in [2.24, 2.45) is 5.29 Å². The van der Waals surface area contributed by atoms with Crippen LogP contribution in [0.2, 0.25) is 0 Å². The van der Waals surface area contributed by atoms with Gasteiger partial charge in [0.05, 0.1) is 11.8 Å². The molecule has 5 heteroatoms. The molecule has 0 aliphatic rings. The molecule has 108 valence electrons. The minimum absolute atomic E-state index is 0.148. The van der Waals surface area contributed by atoms with E-state index in [-0.39, 0.29) is 6.54 Å². The van der Waals surface area contributed by atoms with Gasteiger partial charge in [-0.05, 0) is 18.1 Å². The van der Waals surface area contributed by atoms with Crippen molar-refractivity contribution in [3.63, 3.8) is 0 Å². The molecule has 0 radical (unpaired) electrons. The van der Waals surface area contributed by atoms with Crippen LogP contribution in [0.5, 0.6) is 0 Å². The molecule has 2 rings (SSSR count). The van der Waals surface area contributed by atoms with E-state index in [4.69, 9.17) is 0 Å². The van der Waals surface area contributed by atoms with Crippen molar-refractivity contribution in [1.82, 2.24) is 5.01 Å². The van der Waals surface area contributed by atoms with Gasteiger partial charge in [0.25, 0.3) is 0 Å². The minimum Gasteiger partial charge on any atom is -0.479 e. The monoisotopic (exact) mass is 284 g/mol. The summed E-state index contributed by atoms with van der Waals surface area (Å²) in [5.74, 6) is -1.10. The van der Waals surface area contributed by atoms with Crippen molar-refractivity contribution in [3.8, 4) is 0 Å². The van der Waals surface area contributed by atoms with E-state index in [0.29, 0.717) is 5.56 Å². The van der Waals surface area contributed by atoms with Gasteiger partial charge in [0.15, 0.2) is 6.04 Å². The smallest absolute Gasteiger partial charge is 0.332 e. The number of aryl methyl sites for hydroxylation is 1. The molecule has 1 unspecified atom stereocenters. The number of aliphatic carboxylic acids is 1. The predicted molar refractivity (Wildman–Crippen MR) is 79.3 cm³/mol. The van der Waals surface area contributed by atoms with Crippen molar-refractivity contribution >= 4 is 5.97 Å². The molecule has 2 aromatic carbocycles. The Bertz CT molecular complexity index is 611. The molecule has 0 fully saturated rings. The molecule has 1 atom stereocenters. The van der Waals surface area contributed by atoms with Gasteiger partial charge in [0.1, 0.15) is 0 Å². The first-order chi connectivity index (χ1) is 10.1. The van der Waals surface area contributed by atoms with Gasteiger partial charge in [0.2, 0.25) is 0 Å². The summed E-state index contributed by atoms with van der Waals surface area (Å²) in [4.78, 5) is 22.6. The molecule has 0 saturated carbocycles. The number of rotatable bonds is 6. The van der Waals surface area contributed by atoms with Crippen LogP contribution in [0.3, 0.4) is 0 Å². The van der Waals surface area contributed by atoms with Crippen molar-refractivity contribution in [2.45, 2.75) is 19.5 Å². The highest BCUT2D eigenvalue weighted by Crippen LogP contribution is 2.23. The predicted octanol–water partition coefficient (Wildman–Crippen LogP) is 3.30. The Morgan fingerprint density at radius 2 is 1.76 bits per heavy atom. The highest BCUT2D eigenvalue weighted by atomic mass is 16.4. The summed E-state index contributed by atoms with van der Waals surface area (Å²) in [6.45, 7) is 2.11. The molecule has 0 amide bonds. The minimum atomic E-state index is -1.10. The van der Waals surface area contributed by atoms with E-state index >= 15 is 0 Å². The average Bonchev–Trinajstić information content (AvgIpc) is 2.49. The van der Waals surface area contributed by atoms with E-state index in [9.17, 15) is 14.8 Å². The zero-order valence-electron chi connectivity index (χ0n) is 11.6. The van der Waals surface area contributed by atoms with E-state index < -0.39 is 12.0 Å². The summed E-state index contributed by atoms with van der Waals surface area (Å²) in [7, 11) is 0. The zero-order valence-corrected chi connectivity index (χ0v) is 11.6. The highest BCUT2D eigenvalue weighted by molar-refractivity contribution is 5.75. The fourth-order valence-electron chi connectivity index (χ4n) is 2.13. The average molecular weight is 284 g/mol. The molecular weight excluding hydrogens is 268 g/mol. The molecule has 0 aliphatic heterocycles. The number of hydrogen-bond donors (Lipinski definition) is 1.